The fraction of sp³-hybridized carbons (Fsp3) is 0.500. The molecule has 4 N–H and O–H groups in total. The molecule has 0 radical (unpaired) electrons. The van der Waals surface area contributed by atoms with Crippen LogP contribution in [0.2, 0.25) is 5.02 Å². The lowest BCUT2D eigenvalue weighted by Gasteiger charge is -2.30. The molecule has 6 nitrogen and oxygen atoms in total. The van der Waals surface area contributed by atoms with Crippen molar-refractivity contribution in [2.45, 2.75) is 38.4 Å². The molecule has 24 heavy (non-hydrogen) atoms. The predicted molar refractivity (Wildman–Crippen MR) is 97.6 cm³/mol. The standard InChI is InChI=1S/C16H23ClN4O2.ClH/c1-11-14(3-2-8-18-11)21-15(22)10-20-16(23)19-9-12-4-6-13(17)7-5-12;/h4-7,11,14,18H,2-3,8-10H2,1H3,(H,21,22)(H2,19,20,23);1H. The fourth-order valence-electron chi connectivity index (χ4n) is 2.51. The highest BCUT2D eigenvalue weighted by atomic mass is 35.5. The molecule has 3 amide bonds. The van der Waals surface area contributed by atoms with Crippen LogP contribution in [0.5, 0.6) is 0 Å². The highest BCUT2D eigenvalue weighted by Gasteiger charge is 2.22. The largest absolute Gasteiger partial charge is 0.350 e. The van der Waals surface area contributed by atoms with Gasteiger partial charge in [-0.3, -0.25) is 4.79 Å². The normalized spacial score (nSPS) is 19.8. The predicted octanol–water partition coefficient (Wildman–Crippen LogP) is 1.82. The Morgan fingerprint density at radius 2 is 1.96 bits per heavy atom. The average Bonchev–Trinajstić information content (AvgIpc) is 2.54. The van der Waals surface area contributed by atoms with Gasteiger partial charge in [0.25, 0.3) is 0 Å². The van der Waals surface area contributed by atoms with E-state index in [2.05, 4.69) is 28.2 Å². The molecule has 0 bridgehead atoms. The Morgan fingerprint density at radius 3 is 2.62 bits per heavy atom. The molecule has 2 rings (SSSR count). The molecular weight excluding hydrogens is 351 g/mol. The number of rotatable bonds is 5. The molecule has 1 aliphatic heterocycles. The molecule has 1 saturated heterocycles. The monoisotopic (exact) mass is 374 g/mol. The summed E-state index contributed by atoms with van der Waals surface area (Å²) in [4.78, 5) is 23.6. The molecule has 1 aromatic rings. The first kappa shape index (κ1) is 20.5. The van der Waals surface area contributed by atoms with Crippen molar-refractivity contribution in [3.8, 4) is 0 Å². The van der Waals surface area contributed by atoms with E-state index in [1.54, 1.807) is 12.1 Å². The van der Waals surface area contributed by atoms with Crippen molar-refractivity contribution < 1.29 is 9.59 Å². The molecular formula is C16H24Cl2N4O2. The summed E-state index contributed by atoms with van der Waals surface area (Å²) in [5.74, 6) is -0.174. The Hall–Kier alpha value is -1.50. The van der Waals surface area contributed by atoms with E-state index in [0.717, 1.165) is 24.9 Å². The fourth-order valence-corrected chi connectivity index (χ4v) is 2.63. The van der Waals surface area contributed by atoms with Crippen molar-refractivity contribution in [3.63, 3.8) is 0 Å². The van der Waals surface area contributed by atoms with Gasteiger partial charge in [-0.15, -0.1) is 12.4 Å². The van der Waals surface area contributed by atoms with E-state index in [9.17, 15) is 9.59 Å². The lowest BCUT2D eigenvalue weighted by molar-refractivity contribution is -0.121. The molecule has 1 heterocycles. The van der Waals surface area contributed by atoms with Gasteiger partial charge in [0.1, 0.15) is 0 Å². The Kier molecular flexibility index (Phi) is 8.89. The molecule has 2 unspecified atom stereocenters. The van der Waals surface area contributed by atoms with Crippen molar-refractivity contribution in [2.75, 3.05) is 13.1 Å². The van der Waals surface area contributed by atoms with E-state index >= 15 is 0 Å². The SMILES string of the molecule is CC1NCCCC1NC(=O)CNC(=O)NCc1ccc(Cl)cc1.Cl. The summed E-state index contributed by atoms with van der Waals surface area (Å²) < 4.78 is 0. The van der Waals surface area contributed by atoms with Crippen LogP contribution in [-0.2, 0) is 11.3 Å². The number of piperidine rings is 1. The van der Waals surface area contributed by atoms with Crippen LogP contribution >= 0.6 is 24.0 Å². The summed E-state index contributed by atoms with van der Waals surface area (Å²) in [6.07, 6.45) is 2.01. The maximum atomic E-state index is 11.9. The van der Waals surface area contributed by atoms with Crippen molar-refractivity contribution in [1.29, 1.82) is 0 Å². The highest BCUT2D eigenvalue weighted by molar-refractivity contribution is 6.30. The van der Waals surface area contributed by atoms with Crippen LogP contribution in [0.15, 0.2) is 24.3 Å². The second kappa shape index (κ2) is 10.4. The van der Waals surface area contributed by atoms with Gasteiger partial charge in [0.2, 0.25) is 5.91 Å². The maximum absolute atomic E-state index is 11.9. The van der Waals surface area contributed by atoms with Crippen LogP contribution in [0.1, 0.15) is 25.3 Å². The lowest BCUT2D eigenvalue weighted by atomic mass is 10.00. The number of hydrogen-bond acceptors (Lipinski definition) is 3. The number of carbonyl (C=O) groups excluding carboxylic acids is 2. The van der Waals surface area contributed by atoms with Gasteiger partial charge < -0.3 is 21.3 Å². The molecule has 0 aliphatic carbocycles. The van der Waals surface area contributed by atoms with Crippen molar-refractivity contribution in [2.24, 2.45) is 0 Å². The van der Waals surface area contributed by atoms with Crippen LogP contribution < -0.4 is 21.3 Å². The van der Waals surface area contributed by atoms with E-state index in [1.807, 2.05) is 12.1 Å². The molecule has 1 aromatic carbocycles. The minimum atomic E-state index is -0.370. The Balaban J connectivity index is 0.00000288. The van der Waals surface area contributed by atoms with Crippen molar-refractivity contribution in [1.82, 2.24) is 21.3 Å². The van der Waals surface area contributed by atoms with E-state index in [1.165, 1.54) is 0 Å². The lowest BCUT2D eigenvalue weighted by Crippen LogP contribution is -2.54. The second-order valence-corrected chi connectivity index (χ2v) is 6.16. The topological polar surface area (TPSA) is 82.3 Å². The van der Waals surface area contributed by atoms with E-state index < -0.39 is 0 Å². The first-order chi connectivity index (χ1) is 11.0. The number of hydrogen-bond donors (Lipinski definition) is 4. The van der Waals surface area contributed by atoms with Crippen molar-refractivity contribution in [3.05, 3.63) is 34.9 Å². The molecule has 134 valence electrons. The number of halogens is 2. The summed E-state index contributed by atoms with van der Waals surface area (Å²) in [7, 11) is 0. The first-order valence-corrected chi connectivity index (χ1v) is 8.21. The first-order valence-electron chi connectivity index (χ1n) is 7.83. The summed E-state index contributed by atoms with van der Waals surface area (Å²) in [6.45, 7) is 3.39. The summed E-state index contributed by atoms with van der Waals surface area (Å²) in [6, 6.07) is 7.22. The minimum absolute atomic E-state index is 0. The molecule has 1 aliphatic rings. The maximum Gasteiger partial charge on any atom is 0.315 e. The summed E-state index contributed by atoms with van der Waals surface area (Å²) in [5, 5.41) is 12.2. The van der Waals surface area contributed by atoms with Crippen LogP contribution in [-0.4, -0.2) is 37.1 Å². The van der Waals surface area contributed by atoms with Gasteiger partial charge in [-0.25, -0.2) is 4.79 Å². The number of urea groups is 1. The number of benzene rings is 1. The van der Waals surface area contributed by atoms with Crippen LogP contribution in [0, 0.1) is 0 Å². The minimum Gasteiger partial charge on any atom is -0.350 e. The van der Waals surface area contributed by atoms with Crippen LogP contribution in [0.3, 0.4) is 0 Å². The molecule has 8 heteroatoms. The number of carbonyl (C=O) groups is 2. The highest BCUT2D eigenvalue weighted by Crippen LogP contribution is 2.09. The Morgan fingerprint density at radius 1 is 1.25 bits per heavy atom. The van der Waals surface area contributed by atoms with Gasteiger partial charge >= 0.3 is 6.03 Å². The van der Waals surface area contributed by atoms with Gasteiger partial charge in [0.05, 0.1) is 6.54 Å². The van der Waals surface area contributed by atoms with Gasteiger partial charge in [-0.1, -0.05) is 23.7 Å². The zero-order chi connectivity index (χ0) is 16.7. The van der Waals surface area contributed by atoms with Crippen LogP contribution in [0.4, 0.5) is 4.79 Å². The third-order valence-corrected chi connectivity index (χ3v) is 4.14. The number of nitrogens with one attached hydrogen (secondary N) is 4. The zero-order valence-corrected chi connectivity index (χ0v) is 15.2. The molecule has 2 atom stereocenters. The van der Waals surface area contributed by atoms with Gasteiger partial charge in [0, 0.05) is 23.7 Å². The van der Waals surface area contributed by atoms with Gasteiger partial charge in [-0.05, 0) is 44.0 Å². The van der Waals surface area contributed by atoms with E-state index in [-0.39, 0.29) is 43.0 Å². The molecule has 0 aromatic heterocycles. The number of amides is 3. The third-order valence-electron chi connectivity index (χ3n) is 3.88. The molecule has 1 fully saturated rings. The third kappa shape index (κ3) is 6.95. The van der Waals surface area contributed by atoms with Gasteiger partial charge in [0.15, 0.2) is 0 Å². The quantitative estimate of drug-likeness (QED) is 0.634. The van der Waals surface area contributed by atoms with Crippen molar-refractivity contribution >= 4 is 35.9 Å². The second-order valence-electron chi connectivity index (χ2n) is 5.72. The summed E-state index contributed by atoms with van der Waals surface area (Å²) >= 11 is 5.80. The smallest absolute Gasteiger partial charge is 0.315 e. The van der Waals surface area contributed by atoms with E-state index in [0.29, 0.717) is 11.6 Å². The van der Waals surface area contributed by atoms with Crippen LogP contribution in [0.25, 0.3) is 0 Å². The Labute approximate surface area is 153 Å². The molecule has 0 saturated carbocycles. The average molecular weight is 375 g/mol. The Bertz CT molecular complexity index is 539. The molecule has 0 spiro atoms. The zero-order valence-electron chi connectivity index (χ0n) is 13.6. The summed E-state index contributed by atoms with van der Waals surface area (Å²) in [5.41, 5.74) is 0.941. The van der Waals surface area contributed by atoms with E-state index in [4.69, 9.17) is 11.6 Å². The van der Waals surface area contributed by atoms with Gasteiger partial charge in [-0.2, -0.15) is 0 Å².